The first-order valence-corrected chi connectivity index (χ1v) is 7.37. The van der Waals surface area contributed by atoms with Gasteiger partial charge in [-0.3, -0.25) is 0 Å². The Morgan fingerprint density at radius 2 is 2.00 bits per heavy atom. The molecule has 0 spiro atoms. The van der Waals surface area contributed by atoms with Crippen molar-refractivity contribution >= 4 is 16.5 Å². The lowest BCUT2D eigenvalue weighted by Gasteiger charge is -2.15. The average Bonchev–Trinajstić information content (AvgIpc) is 2.79. The van der Waals surface area contributed by atoms with Crippen LogP contribution in [0.5, 0.6) is 0 Å². The fraction of sp³-hybridized carbons (Fsp3) is 0.400. The van der Waals surface area contributed by atoms with Crippen molar-refractivity contribution in [2.24, 2.45) is 5.73 Å². The standard InChI is InChI=1S/C15H21N3S/c1-11(16)14-12(2)17-15(19-14)18(3)10-9-13-7-5-4-6-8-13/h4-8,11H,9-10,16H2,1-3H3. The number of anilines is 1. The van der Waals surface area contributed by atoms with Gasteiger partial charge in [-0.05, 0) is 25.8 Å². The largest absolute Gasteiger partial charge is 0.351 e. The minimum absolute atomic E-state index is 0.0637. The van der Waals surface area contributed by atoms with Gasteiger partial charge in [-0.15, -0.1) is 11.3 Å². The Balaban J connectivity index is 2.00. The molecule has 0 saturated heterocycles. The lowest BCUT2D eigenvalue weighted by atomic mass is 10.1. The molecular weight excluding hydrogens is 254 g/mol. The van der Waals surface area contributed by atoms with Crippen LogP contribution in [0.15, 0.2) is 30.3 Å². The second kappa shape index (κ2) is 6.17. The maximum Gasteiger partial charge on any atom is 0.185 e. The topological polar surface area (TPSA) is 42.2 Å². The number of hydrogen-bond acceptors (Lipinski definition) is 4. The molecule has 0 aliphatic rings. The Kier molecular flexibility index (Phi) is 4.56. The second-order valence-electron chi connectivity index (χ2n) is 4.89. The SMILES string of the molecule is Cc1nc(N(C)CCc2ccccc2)sc1C(C)N. The number of rotatable bonds is 5. The van der Waals surface area contributed by atoms with Crippen LogP contribution in [-0.2, 0) is 6.42 Å². The molecule has 4 heteroatoms. The normalized spacial score (nSPS) is 12.4. The van der Waals surface area contributed by atoms with Crippen LogP contribution in [0.2, 0.25) is 0 Å². The molecule has 0 aliphatic heterocycles. The molecule has 0 aliphatic carbocycles. The van der Waals surface area contributed by atoms with Gasteiger partial charge in [-0.2, -0.15) is 0 Å². The highest BCUT2D eigenvalue weighted by atomic mass is 32.1. The number of aromatic nitrogens is 1. The van der Waals surface area contributed by atoms with E-state index in [1.807, 2.05) is 19.9 Å². The number of nitrogens with two attached hydrogens (primary N) is 1. The number of thiazole rings is 1. The third kappa shape index (κ3) is 3.55. The van der Waals surface area contributed by atoms with E-state index in [9.17, 15) is 0 Å². The predicted octanol–water partition coefficient (Wildman–Crippen LogP) is 3.15. The van der Waals surface area contributed by atoms with Crippen LogP contribution in [0.1, 0.15) is 29.1 Å². The van der Waals surface area contributed by atoms with Gasteiger partial charge in [0.05, 0.1) is 5.69 Å². The van der Waals surface area contributed by atoms with Crippen LogP contribution in [0, 0.1) is 6.92 Å². The first kappa shape index (κ1) is 14.0. The van der Waals surface area contributed by atoms with Crippen LogP contribution in [-0.4, -0.2) is 18.6 Å². The highest BCUT2D eigenvalue weighted by molar-refractivity contribution is 7.15. The van der Waals surface area contributed by atoms with Crippen molar-refractivity contribution in [3.63, 3.8) is 0 Å². The van der Waals surface area contributed by atoms with Crippen LogP contribution in [0.4, 0.5) is 5.13 Å². The van der Waals surface area contributed by atoms with Gasteiger partial charge in [-0.25, -0.2) is 4.98 Å². The zero-order valence-corrected chi connectivity index (χ0v) is 12.6. The van der Waals surface area contributed by atoms with Crippen molar-refractivity contribution in [1.29, 1.82) is 0 Å². The number of likely N-dealkylation sites (N-methyl/N-ethyl adjacent to an activating group) is 1. The molecule has 1 aromatic heterocycles. The van der Waals surface area contributed by atoms with Crippen molar-refractivity contribution in [1.82, 2.24) is 4.98 Å². The minimum atomic E-state index is 0.0637. The lowest BCUT2D eigenvalue weighted by Crippen LogP contribution is -2.20. The van der Waals surface area contributed by atoms with Crippen LogP contribution < -0.4 is 10.6 Å². The summed E-state index contributed by atoms with van der Waals surface area (Å²) in [6, 6.07) is 10.6. The Morgan fingerprint density at radius 3 is 2.58 bits per heavy atom. The second-order valence-corrected chi connectivity index (χ2v) is 5.90. The van der Waals surface area contributed by atoms with Crippen LogP contribution >= 0.6 is 11.3 Å². The van der Waals surface area contributed by atoms with Crippen LogP contribution in [0.25, 0.3) is 0 Å². The summed E-state index contributed by atoms with van der Waals surface area (Å²) in [6.07, 6.45) is 1.03. The monoisotopic (exact) mass is 275 g/mol. The smallest absolute Gasteiger partial charge is 0.185 e. The van der Waals surface area contributed by atoms with E-state index >= 15 is 0 Å². The van der Waals surface area contributed by atoms with Gasteiger partial charge in [0.25, 0.3) is 0 Å². The van der Waals surface area contributed by atoms with Crippen molar-refractivity contribution in [3.8, 4) is 0 Å². The molecule has 102 valence electrons. The van der Waals surface area contributed by atoms with Gasteiger partial charge in [0.15, 0.2) is 5.13 Å². The fourth-order valence-corrected chi connectivity index (χ4v) is 3.02. The molecule has 0 radical (unpaired) electrons. The molecule has 2 rings (SSSR count). The summed E-state index contributed by atoms with van der Waals surface area (Å²) in [7, 11) is 2.09. The number of benzene rings is 1. The number of aryl methyl sites for hydroxylation is 1. The molecule has 1 unspecified atom stereocenters. The van der Waals surface area contributed by atoms with E-state index in [0.29, 0.717) is 0 Å². The zero-order valence-electron chi connectivity index (χ0n) is 11.8. The van der Waals surface area contributed by atoms with Gasteiger partial charge >= 0.3 is 0 Å². The first-order valence-electron chi connectivity index (χ1n) is 6.56. The van der Waals surface area contributed by atoms with E-state index in [0.717, 1.165) is 23.8 Å². The van der Waals surface area contributed by atoms with Gasteiger partial charge in [-0.1, -0.05) is 30.3 Å². The molecule has 1 aromatic carbocycles. The van der Waals surface area contributed by atoms with E-state index in [1.165, 1.54) is 10.4 Å². The summed E-state index contributed by atoms with van der Waals surface area (Å²) in [5.41, 5.74) is 8.36. The van der Waals surface area contributed by atoms with Gasteiger partial charge in [0.1, 0.15) is 0 Å². The summed E-state index contributed by atoms with van der Waals surface area (Å²) in [4.78, 5) is 8.00. The summed E-state index contributed by atoms with van der Waals surface area (Å²) < 4.78 is 0. The van der Waals surface area contributed by atoms with E-state index in [4.69, 9.17) is 5.73 Å². The molecule has 1 atom stereocenters. The fourth-order valence-electron chi connectivity index (χ4n) is 2.02. The third-order valence-corrected chi connectivity index (χ3v) is 4.61. The molecule has 1 heterocycles. The molecule has 0 saturated carbocycles. The highest BCUT2D eigenvalue weighted by Gasteiger charge is 2.13. The van der Waals surface area contributed by atoms with Crippen molar-refractivity contribution in [2.75, 3.05) is 18.5 Å². The summed E-state index contributed by atoms with van der Waals surface area (Å²) in [5, 5.41) is 1.06. The molecule has 19 heavy (non-hydrogen) atoms. The van der Waals surface area contributed by atoms with Gasteiger partial charge < -0.3 is 10.6 Å². The van der Waals surface area contributed by atoms with E-state index < -0.39 is 0 Å². The minimum Gasteiger partial charge on any atom is -0.351 e. The van der Waals surface area contributed by atoms with E-state index in [-0.39, 0.29) is 6.04 Å². The van der Waals surface area contributed by atoms with Crippen molar-refractivity contribution in [3.05, 3.63) is 46.5 Å². The van der Waals surface area contributed by atoms with Crippen LogP contribution in [0.3, 0.4) is 0 Å². The highest BCUT2D eigenvalue weighted by Crippen LogP contribution is 2.29. The summed E-state index contributed by atoms with van der Waals surface area (Å²) in [5.74, 6) is 0. The maximum absolute atomic E-state index is 5.94. The molecule has 2 N–H and O–H groups in total. The molecule has 0 amide bonds. The molecule has 2 aromatic rings. The van der Waals surface area contributed by atoms with Crippen molar-refractivity contribution in [2.45, 2.75) is 26.3 Å². The average molecular weight is 275 g/mol. The lowest BCUT2D eigenvalue weighted by molar-refractivity contribution is 0.824. The van der Waals surface area contributed by atoms with Crippen molar-refractivity contribution < 1.29 is 0 Å². The Morgan fingerprint density at radius 1 is 1.32 bits per heavy atom. The number of hydrogen-bond donors (Lipinski definition) is 1. The Hall–Kier alpha value is -1.39. The predicted molar refractivity (Wildman–Crippen MR) is 82.9 cm³/mol. The van der Waals surface area contributed by atoms with E-state index in [2.05, 4.69) is 41.2 Å². The Labute approximate surface area is 119 Å². The van der Waals surface area contributed by atoms with Gasteiger partial charge in [0, 0.05) is 24.5 Å². The Bertz CT molecular complexity index is 519. The third-order valence-electron chi connectivity index (χ3n) is 3.14. The molecular formula is C15H21N3S. The molecule has 0 bridgehead atoms. The van der Waals surface area contributed by atoms with E-state index in [1.54, 1.807) is 11.3 Å². The summed E-state index contributed by atoms with van der Waals surface area (Å²) in [6.45, 7) is 5.01. The maximum atomic E-state index is 5.94. The quantitative estimate of drug-likeness (QED) is 0.911. The zero-order chi connectivity index (χ0) is 13.8. The molecule has 0 fully saturated rings. The number of nitrogens with zero attached hydrogens (tertiary/aromatic N) is 2. The molecule has 3 nitrogen and oxygen atoms in total. The first-order chi connectivity index (χ1) is 9.08. The van der Waals surface area contributed by atoms with Gasteiger partial charge in [0.2, 0.25) is 0 Å². The summed E-state index contributed by atoms with van der Waals surface area (Å²) >= 11 is 1.70.